The fraction of sp³-hybridized carbons (Fsp3) is 0.696. The summed E-state index contributed by atoms with van der Waals surface area (Å²) >= 11 is 0. The lowest BCUT2D eigenvalue weighted by atomic mass is 9.87. The first kappa shape index (κ1) is 23.6. The van der Waals surface area contributed by atoms with E-state index in [1.54, 1.807) is 26.8 Å². The number of allylic oxidation sites excluding steroid dienone is 3. The molecule has 0 spiro atoms. The van der Waals surface area contributed by atoms with Gasteiger partial charge in [0.15, 0.2) is 0 Å². The van der Waals surface area contributed by atoms with Crippen molar-refractivity contribution < 1.29 is 19.7 Å². The van der Waals surface area contributed by atoms with Crippen molar-refractivity contribution in [3.8, 4) is 0 Å². The average molecular weight is 379 g/mol. The molecule has 0 amide bonds. The van der Waals surface area contributed by atoms with Crippen LogP contribution >= 0.6 is 0 Å². The van der Waals surface area contributed by atoms with E-state index >= 15 is 0 Å². The molecule has 154 valence electrons. The molecule has 0 aliphatic carbocycles. The highest BCUT2D eigenvalue weighted by Gasteiger charge is 2.39. The zero-order valence-corrected chi connectivity index (χ0v) is 17.5. The van der Waals surface area contributed by atoms with E-state index in [9.17, 15) is 9.90 Å². The third kappa shape index (κ3) is 10.5. The predicted octanol–water partition coefficient (Wildman–Crippen LogP) is 5.42. The van der Waals surface area contributed by atoms with Gasteiger partial charge in [0, 0.05) is 0 Å². The SMILES string of the molecule is CCCCC/C=C\C/C=C\CC(C)(O)/C=C/C1OC1CCC(C)(C)C(=O)O. The summed E-state index contributed by atoms with van der Waals surface area (Å²) in [5.41, 5.74) is -1.61. The number of hydrogen-bond acceptors (Lipinski definition) is 3. The maximum Gasteiger partial charge on any atom is 0.309 e. The molecule has 1 aliphatic heterocycles. The van der Waals surface area contributed by atoms with Gasteiger partial charge in [-0.15, -0.1) is 0 Å². The van der Waals surface area contributed by atoms with E-state index in [1.165, 1.54) is 19.3 Å². The highest BCUT2D eigenvalue weighted by atomic mass is 16.6. The number of carboxylic acids is 1. The summed E-state index contributed by atoms with van der Waals surface area (Å²) < 4.78 is 5.57. The van der Waals surface area contributed by atoms with Crippen LogP contribution in [0.5, 0.6) is 0 Å². The standard InChI is InChI=1S/C23H38O4/c1-5-6-7-8-9-10-11-12-13-16-23(4,26)18-15-20-19(27-20)14-17-22(2,3)21(24)25/h9-10,12-13,15,18-20,26H,5-8,11,14,16-17H2,1-4H3,(H,24,25)/b10-9-,13-12-,18-15+. The van der Waals surface area contributed by atoms with Crippen molar-refractivity contribution in [3.63, 3.8) is 0 Å². The van der Waals surface area contributed by atoms with E-state index in [4.69, 9.17) is 9.84 Å². The first-order valence-corrected chi connectivity index (χ1v) is 10.3. The van der Waals surface area contributed by atoms with Crippen molar-refractivity contribution in [1.29, 1.82) is 0 Å². The number of unbranched alkanes of at least 4 members (excludes halogenated alkanes) is 3. The number of epoxide rings is 1. The van der Waals surface area contributed by atoms with E-state index < -0.39 is 17.0 Å². The molecule has 1 rings (SSSR count). The molecule has 2 N–H and O–H groups in total. The van der Waals surface area contributed by atoms with E-state index in [0.29, 0.717) is 12.8 Å². The number of carboxylic acid groups (broad SMARTS) is 1. The van der Waals surface area contributed by atoms with Gasteiger partial charge in [-0.25, -0.2) is 0 Å². The second kappa shape index (κ2) is 11.5. The Morgan fingerprint density at radius 2 is 1.81 bits per heavy atom. The summed E-state index contributed by atoms with van der Waals surface area (Å²) in [5.74, 6) is -0.777. The Hall–Kier alpha value is -1.39. The van der Waals surface area contributed by atoms with Crippen molar-refractivity contribution in [3.05, 3.63) is 36.5 Å². The van der Waals surface area contributed by atoms with Gasteiger partial charge >= 0.3 is 5.97 Å². The first-order chi connectivity index (χ1) is 12.7. The van der Waals surface area contributed by atoms with Gasteiger partial charge in [0.1, 0.15) is 6.10 Å². The van der Waals surface area contributed by atoms with Crippen molar-refractivity contribution in [1.82, 2.24) is 0 Å². The highest BCUT2D eigenvalue weighted by molar-refractivity contribution is 5.73. The lowest BCUT2D eigenvalue weighted by molar-refractivity contribution is -0.147. The zero-order valence-electron chi connectivity index (χ0n) is 17.5. The Bertz CT molecular complexity index is 528. The van der Waals surface area contributed by atoms with Crippen LogP contribution in [0.1, 0.15) is 79.1 Å². The number of rotatable bonds is 14. The van der Waals surface area contributed by atoms with E-state index in [1.807, 2.05) is 12.2 Å². The first-order valence-electron chi connectivity index (χ1n) is 10.3. The average Bonchev–Trinajstić information content (AvgIpc) is 3.35. The number of aliphatic carboxylic acids is 1. The summed E-state index contributed by atoms with van der Waals surface area (Å²) in [5, 5.41) is 19.6. The van der Waals surface area contributed by atoms with E-state index in [-0.39, 0.29) is 12.2 Å². The minimum atomic E-state index is -0.891. The van der Waals surface area contributed by atoms with E-state index in [2.05, 4.69) is 25.2 Å². The fourth-order valence-electron chi connectivity index (χ4n) is 2.76. The van der Waals surface area contributed by atoms with Crippen molar-refractivity contribution >= 4 is 5.97 Å². The third-order valence-corrected chi connectivity index (χ3v) is 5.01. The highest BCUT2D eigenvalue weighted by Crippen LogP contribution is 2.33. The number of carbonyl (C=O) groups is 1. The molecular formula is C23H38O4. The molecule has 3 atom stereocenters. The molecule has 0 bridgehead atoms. The van der Waals surface area contributed by atoms with Crippen LogP contribution < -0.4 is 0 Å². The predicted molar refractivity (Wildman–Crippen MR) is 111 cm³/mol. The van der Waals surface area contributed by atoms with Crippen LogP contribution in [0, 0.1) is 5.41 Å². The quantitative estimate of drug-likeness (QED) is 0.240. The smallest absolute Gasteiger partial charge is 0.309 e. The second-order valence-corrected chi connectivity index (χ2v) is 8.46. The molecule has 4 nitrogen and oxygen atoms in total. The Kier molecular flexibility index (Phi) is 10.0. The van der Waals surface area contributed by atoms with Gasteiger partial charge in [-0.1, -0.05) is 56.2 Å². The molecule has 0 radical (unpaired) electrons. The number of ether oxygens (including phenoxy) is 1. The minimum absolute atomic E-state index is 0.00361. The molecule has 1 fully saturated rings. The Morgan fingerprint density at radius 1 is 1.11 bits per heavy atom. The van der Waals surface area contributed by atoms with Gasteiger partial charge in [0.25, 0.3) is 0 Å². The number of aliphatic hydroxyl groups is 1. The second-order valence-electron chi connectivity index (χ2n) is 8.46. The summed E-state index contributed by atoms with van der Waals surface area (Å²) in [6, 6.07) is 0. The van der Waals surface area contributed by atoms with Crippen LogP contribution in [0.25, 0.3) is 0 Å². The molecule has 0 aromatic rings. The summed E-state index contributed by atoms with van der Waals surface area (Å²) in [4.78, 5) is 11.1. The van der Waals surface area contributed by atoms with Gasteiger partial charge in [-0.3, -0.25) is 4.79 Å². The molecule has 3 unspecified atom stereocenters. The summed E-state index contributed by atoms with van der Waals surface area (Å²) in [6.07, 6.45) is 20.0. The molecule has 1 aliphatic rings. The summed E-state index contributed by atoms with van der Waals surface area (Å²) in [6.45, 7) is 7.47. The normalized spacial score (nSPS) is 22.7. The van der Waals surface area contributed by atoms with Crippen LogP contribution in [0.4, 0.5) is 0 Å². The topological polar surface area (TPSA) is 70.1 Å². The fourth-order valence-corrected chi connectivity index (χ4v) is 2.76. The Morgan fingerprint density at radius 3 is 2.48 bits per heavy atom. The van der Waals surface area contributed by atoms with Crippen LogP contribution in [-0.4, -0.2) is 34.0 Å². The maximum atomic E-state index is 11.1. The molecule has 1 heterocycles. The molecule has 1 saturated heterocycles. The molecule has 0 saturated carbocycles. The molecule has 27 heavy (non-hydrogen) atoms. The van der Waals surface area contributed by atoms with Crippen molar-refractivity contribution in [2.45, 2.75) is 96.9 Å². The molecule has 0 aromatic heterocycles. The van der Waals surface area contributed by atoms with Crippen molar-refractivity contribution in [2.75, 3.05) is 0 Å². The van der Waals surface area contributed by atoms with Gasteiger partial charge in [-0.05, 0) is 59.3 Å². The van der Waals surface area contributed by atoms with E-state index in [0.717, 1.165) is 19.3 Å². The molecular weight excluding hydrogens is 340 g/mol. The molecule has 4 heteroatoms. The lowest BCUT2D eigenvalue weighted by Gasteiger charge is -2.17. The summed E-state index contributed by atoms with van der Waals surface area (Å²) in [7, 11) is 0. The lowest BCUT2D eigenvalue weighted by Crippen LogP contribution is -2.24. The van der Waals surface area contributed by atoms with Gasteiger partial charge in [0.2, 0.25) is 0 Å². The largest absolute Gasteiger partial charge is 0.481 e. The van der Waals surface area contributed by atoms with Crippen LogP contribution in [0.3, 0.4) is 0 Å². The van der Waals surface area contributed by atoms with Gasteiger partial charge in [0.05, 0.1) is 17.1 Å². The van der Waals surface area contributed by atoms with Gasteiger partial charge in [-0.2, -0.15) is 0 Å². The number of hydrogen-bond donors (Lipinski definition) is 2. The molecule has 0 aromatic carbocycles. The van der Waals surface area contributed by atoms with Gasteiger partial charge < -0.3 is 14.9 Å². The van der Waals surface area contributed by atoms with Crippen molar-refractivity contribution in [2.24, 2.45) is 5.41 Å². The zero-order chi connectivity index (χ0) is 20.3. The monoisotopic (exact) mass is 378 g/mol. The van der Waals surface area contributed by atoms with Crippen LogP contribution in [0.15, 0.2) is 36.5 Å². The minimum Gasteiger partial charge on any atom is -0.481 e. The maximum absolute atomic E-state index is 11.1. The Labute approximate surface area is 165 Å². The third-order valence-electron chi connectivity index (χ3n) is 5.01. The Balaban J connectivity index is 2.23. The van der Waals surface area contributed by atoms with Crippen LogP contribution in [-0.2, 0) is 9.53 Å². The van der Waals surface area contributed by atoms with Crippen LogP contribution in [0.2, 0.25) is 0 Å².